The minimum absolute atomic E-state index is 0.0480. The molecule has 0 saturated carbocycles. The van der Waals surface area contributed by atoms with Gasteiger partial charge in [0.15, 0.2) is 19.7 Å². The van der Waals surface area contributed by atoms with Crippen molar-refractivity contribution >= 4 is 20.1 Å². The number of benzene rings is 1. The number of nitrogens with two attached hydrogens (primary N) is 1. The van der Waals surface area contributed by atoms with Crippen molar-refractivity contribution in [2.45, 2.75) is 57.5 Å². The van der Waals surface area contributed by atoms with Crippen LogP contribution < -0.4 is 10.5 Å². The molecule has 3 rings (SSSR count). The molecule has 0 radical (unpaired) electrons. The zero-order valence-electron chi connectivity index (χ0n) is 19.6. The number of aromatic nitrogens is 2. The molecular weight excluding hydrogens is 440 g/mol. The van der Waals surface area contributed by atoms with Crippen molar-refractivity contribution < 1.29 is 23.8 Å². The minimum atomic E-state index is -2.00. The number of carboxylic acids is 1. The van der Waals surface area contributed by atoms with Gasteiger partial charge in [0, 0.05) is 12.0 Å². The summed E-state index contributed by atoms with van der Waals surface area (Å²) in [5.41, 5.74) is 6.63. The molecule has 176 valence electrons. The Morgan fingerprint density at radius 3 is 2.73 bits per heavy atom. The SMILES string of the molecule is CC(C)(C)[Si](C)(C)OC[C@H]1OCC[C@@H]1Oc1nc(-c2cccc(C#N)c2)nc(N)c1C(=O)O. The maximum atomic E-state index is 11.9. The zero-order chi connectivity index (χ0) is 24.4. The molecule has 1 fully saturated rings. The molecule has 0 amide bonds. The number of nitrogens with zero attached hydrogens (tertiary/aromatic N) is 3. The molecule has 2 atom stereocenters. The van der Waals surface area contributed by atoms with Gasteiger partial charge in [-0.15, -0.1) is 0 Å². The fourth-order valence-electron chi connectivity index (χ4n) is 3.17. The summed E-state index contributed by atoms with van der Waals surface area (Å²) in [6.07, 6.45) is -0.240. The van der Waals surface area contributed by atoms with E-state index in [-0.39, 0.29) is 34.2 Å². The molecule has 1 aromatic carbocycles. The summed E-state index contributed by atoms with van der Waals surface area (Å²) in [6, 6.07) is 8.72. The Morgan fingerprint density at radius 1 is 1.36 bits per heavy atom. The molecule has 0 spiro atoms. The van der Waals surface area contributed by atoms with Crippen molar-refractivity contribution in [1.29, 1.82) is 5.26 Å². The molecule has 0 aliphatic carbocycles. The molecule has 10 heteroatoms. The Kier molecular flexibility index (Phi) is 7.07. The smallest absolute Gasteiger partial charge is 0.345 e. The van der Waals surface area contributed by atoms with Gasteiger partial charge in [-0.3, -0.25) is 0 Å². The second kappa shape index (κ2) is 9.47. The van der Waals surface area contributed by atoms with Crippen molar-refractivity contribution in [2.24, 2.45) is 0 Å². The molecule has 1 saturated heterocycles. The summed E-state index contributed by atoms with van der Waals surface area (Å²) in [5, 5.41) is 18.9. The lowest BCUT2D eigenvalue weighted by Gasteiger charge is -2.37. The number of carbonyl (C=O) groups is 1. The van der Waals surface area contributed by atoms with Gasteiger partial charge in [-0.25, -0.2) is 9.78 Å². The van der Waals surface area contributed by atoms with Gasteiger partial charge < -0.3 is 24.7 Å². The highest BCUT2D eigenvalue weighted by Gasteiger charge is 2.40. The van der Waals surface area contributed by atoms with Gasteiger partial charge >= 0.3 is 5.97 Å². The third kappa shape index (κ3) is 5.50. The van der Waals surface area contributed by atoms with E-state index in [1.807, 2.05) is 0 Å². The highest BCUT2D eigenvalue weighted by atomic mass is 28.4. The third-order valence-electron chi connectivity index (χ3n) is 6.19. The number of nitriles is 1. The molecule has 9 nitrogen and oxygen atoms in total. The van der Waals surface area contributed by atoms with E-state index in [4.69, 9.17) is 19.6 Å². The van der Waals surface area contributed by atoms with E-state index >= 15 is 0 Å². The van der Waals surface area contributed by atoms with Crippen molar-refractivity contribution in [2.75, 3.05) is 18.9 Å². The number of hydrogen-bond donors (Lipinski definition) is 2. The lowest BCUT2D eigenvalue weighted by atomic mass is 10.1. The Bertz CT molecular complexity index is 1080. The number of rotatable bonds is 7. The number of hydrogen-bond acceptors (Lipinski definition) is 8. The highest BCUT2D eigenvalue weighted by molar-refractivity contribution is 6.74. The van der Waals surface area contributed by atoms with E-state index in [1.165, 1.54) is 0 Å². The van der Waals surface area contributed by atoms with E-state index in [2.05, 4.69) is 49.9 Å². The van der Waals surface area contributed by atoms with Crippen LogP contribution in [0, 0.1) is 11.3 Å². The van der Waals surface area contributed by atoms with E-state index in [1.54, 1.807) is 24.3 Å². The maximum Gasteiger partial charge on any atom is 0.345 e. The van der Waals surface area contributed by atoms with Crippen LogP contribution in [0.2, 0.25) is 18.1 Å². The third-order valence-corrected chi connectivity index (χ3v) is 10.7. The number of anilines is 1. The fourth-order valence-corrected chi connectivity index (χ4v) is 4.18. The lowest BCUT2D eigenvalue weighted by Crippen LogP contribution is -2.44. The monoisotopic (exact) mass is 470 g/mol. The first kappa shape index (κ1) is 24.6. The fraction of sp³-hybridized carbons (Fsp3) is 0.478. The number of ether oxygens (including phenoxy) is 2. The van der Waals surface area contributed by atoms with Crippen molar-refractivity contribution in [3.8, 4) is 23.3 Å². The predicted octanol–water partition coefficient (Wildman–Crippen LogP) is 3.85. The van der Waals surface area contributed by atoms with Crippen molar-refractivity contribution in [3.63, 3.8) is 0 Å². The van der Waals surface area contributed by atoms with Crippen LogP contribution in [0.25, 0.3) is 11.4 Å². The Morgan fingerprint density at radius 2 is 2.09 bits per heavy atom. The van der Waals surface area contributed by atoms with Gasteiger partial charge in [-0.1, -0.05) is 32.9 Å². The Labute approximate surface area is 194 Å². The van der Waals surface area contributed by atoms with Crippen LogP contribution in [-0.2, 0) is 9.16 Å². The predicted molar refractivity (Wildman–Crippen MR) is 125 cm³/mol. The van der Waals surface area contributed by atoms with Crippen LogP contribution in [-0.4, -0.2) is 54.8 Å². The van der Waals surface area contributed by atoms with Crippen LogP contribution in [0.3, 0.4) is 0 Å². The Balaban J connectivity index is 1.89. The lowest BCUT2D eigenvalue weighted by molar-refractivity contribution is 0.0144. The normalized spacial score (nSPS) is 18.7. The summed E-state index contributed by atoms with van der Waals surface area (Å²) in [6.45, 7) is 11.6. The number of aromatic carboxylic acids is 1. The summed E-state index contributed by atoms with van der Waals surface area (Å²) in [5.74, 6) is -1.44. The average molecular weight is 471 g/mol. The van der Waals surface area contributed by atoms with Gasteiger partial charge in [-0.05, 0) is 30.3 Å². The van der Waals surface area contributed by atoms with Gasteiger partial charge in [-0.2, -0.15) is 10.2 Å². The molecule has 1 aliphatic heterocycles. The van der Waals surface area contributed by atoms with Gasteiger partial charge in [0.05, 0.1) is 24.8 Å². The molecule has 0 unspecified atom stereocenters. The quantitative estimate of drug-likeness (QED) is 0.577. The van der Waals surface area contributed by atoms with Crippen LogP contribution in [0.15, 0.2) is 24.3 Å². The van der Waals surface area contributed by atoms with Crippen LogP contribution in [0.4, 0.5) is 5.82 Å². The van der Waals surface area contributed by atoms with E-state index < -0.39 is 20.4 Å². The second-order valence-corrected chi connectivity index (χ2v) is 14.3. The Hall–Kier alpha value is -3.00. The maximum absolute atomic E-state index is 11.9. The summed E-state index contributed by atoms with van der Waals surface area (Å²) < 4.78 is 18.2. The van der Waals surface area contributed by atoms with Crippen LogP contribution in [0.5, 0.6) is 5.88 Å². The first-order valence-corrected chi connectivity index (χ1v) is 13.7. The average Bonchev–Trinajstić information content (AvgIpc) is 3.17. The molecule has 3 N–H and O–H groups in total. The molecule has 33 heavy (non-hydrogen) atoms. The summed E-state index contributed by atoms with van der Waals surface area (Å²) in [7, 11) is -2.00. The molecule has 0 bridgehead atoms. The first-order valence-electron chi connectivity index (χ1n) is 10.8. The molecule has 1 aromatic heterocycles. The minimum Gasteiger partial charge on any atom is -0.477 e. The molecule has 1 aliphatic rings. The van der Waals surface area contributed by atoms with Crippen molar-refractivity contribution in [3.05, 3.63) is 35.4 Å². The molecule has 2 heterocycles. The number of nitrogen functional groups attached to an aromatic ring is 1. The molecule has 2 aromatic rings. The standard InChI is InChI=1S/C23H30N4O5Si/c1-23(2,3)33(4,5)31-13-17-16(9-10-30-17)32-21-18(22(28)29)19(25)26-20(27-21)15-8-6-7-14(11-15)12-24/h6-8,11,16-17H,9-10,13H2,1-5H3,(H,28,29)(H2,25,26,27)/t16-,17+/m0/s1. The second-order valence-electron chi connectivity index (χ2n) is 9.54. The highest BCUT2D eigenvalue weighted by Crippen LogP contribution is 2.37. The number of carboxylic acid groups (broad SMARTS) is 1. The van der Waals surface area contributed by atoms with Crippen LogP contribution in [0.1, 0.15) is 43.1 Å². The van der Waals surface area contributed by atoms with E-state index in [0.717, 1.165) is 0 Å². The molecular formula is C23H30N4O5Si. The van der Waals surface area contributed by atoms with Crippen LogP contribution >= 0.6 is 0 Å². The van der Waals surface area contributed by atoms with Gasteiger partial charge in [0.1, 0.15) is 18.0 Å². The van der Waals surface area contributed by atoms with Crippen molar-refractivity contribution in [1.82, 2.24) is 9.97 Å². The van der Waals surface area contributed by atoms with E-state index in [0.29, 0.717) is 30.8 Å². The first-order chi connectivity index (χ1) is 15.4. The van der Waals surface area contributed by atoms with Gasteiger partial charge in [0.2, 0.25) is 5.88 Å². The van der Waals surface area contributed by atoms with Gasteiger partial charge in [0.25, 0.3) is 0 Å². The largest absolute Gasteiger partial charge is 0.477 e. The topological polar surface area (TPSA) is 141 Å². The zero-order valence-corrected chi connectivity index (χ0v) is 20.6. The van der Waals surface area contributed by atoms with E-state index in [9.17, 15) is 15.2 Å². The summed E-state index contributed by atoms with van der Waals surface area (Å²) >= 11 is 0. The summed E-state index contributed by atoms with van der Waals surface area (Å²) in [4.78, 5) is 20.4.